The number of anilines is 1. The van der Waals surface area contributed by atoms with E-state index in [1.165, 1.54) is 6.08 Å². The predicted octanol–water partition coefficient (Wildman–Crippen LogP) is 5.12. The Balaban J connectivity index is 1.53. The first-order valence-electron chi connectivity index (χ1n) is 9.39. The Morgan fingerprint density at radius 2 is 1.77 bits per heavy atom. The molecule has 0 saturated heterocycles. The van der Waals surface area contributed by atoms with Crippen LogP contribution in [0.5, 0.6) is 5.75 Å². The number of benzene rings is 3. The summed E-state index contributed by atoms with van der Waals surface area (Å²) < 4.78 is 10.5. The van der Waals surface area contributed by atoms with E-state index in [0.29, 0.717) is 22.4 Å². The van der Waals surface area contributed by atoms with Crippen molar-refractivity contribution in [1.29, 1.82) is 0 Å². The summed E-state index contributed by atoms with van der Waals surface area (Å²) in [5, 5.41) is 3.66. The maximum atomic E-state index is 12.4. The Morgan fingerprint density at radius 1 is 0.967 bits per heavy atom. The van der Waals surface area contributed by atoms with Gasteiger partial charge in [0.25, 0.3) is 0 Å². The number of carbonyl (C=O) groups excluding carboxylic acids is 1. The molecule has 1 amide bonds. The second-order valence-corrected chi connectivity index (χ2v) is 6.66. The van der Waals surface area contributed by atoms with Gasteiger partial charge in [-0.15, -0.1) is 0 Å². The largest absolute Gasteiger partial charge is 0.497 e. The average Bonchev–Trinajstić information content (AvgIpc) is 2.77. The van der Waals surface area contributed by atoms with Gasteiger partial charge in [0.05, 0.1) is 12.7 Å². The molecule has 1 N–H and O–H groups in total. The van der Waals surface area contributed by atoms with Gasteiger partial charge in [-0.2, -0.15) is 0 Å². The zero-order valence-electron chi connectivity index (χ0n) is 16.3. The number of nitrogens with one attached hydrogen (secondary N) is 1. The van der Waals surface area contributed by atoms with Crippen molar-refractivity contribution in [1.82, 2.24) is 0 Å². The zero-order chi connectivity index (χ0) is 20.9. The maximum Gasteiger partial charge on any atom is 0.344 e. The number of methoxy groups -OCH3 is 1. The Bertz CT molecular complexity index is 1290. The van der Waals surface area contributed by atoms with Crippen LogP contribution in [0, 0.1) is 0 Å². The van der Waals surface area contributed by atoms with Gasteiger partial charge < -0.3 is 14.5 Å². The fraction of sp³-hybridized carbons (Fsp3) is 0.0400. The van der Waals surface area contributed by atoms with Crippen LogP contribution in [0.2, 0.25) is 0 Å². The molecule has 4 aromatic rings. The lowest BCUT2D eigenvalue weighted by atomic mass is 10.1. The Hall–Kier alpha value is -4.12. The number of fused-ring (bicyclic) bond motifs is 1. The van der Waals surface area contributed by atoms with Crippen LogP contribution in [0.25, 0.3) is 28.2 Å². The topological polar surface area (TPSA) is 68.5 Å². The van der Waals surface area contributed by atoms with Gasteiger partial charge in [0.2, 0.25) is 5.91 Å². The summed E-state index contributed by atoms with van der Waals surface area (Å²) >= 11 is 0. The molecule has 0 unspecified atom stereocenters. The van der Waals surface area contributed by atoms with Gasteiger partial charge in [0, 0.05) is 17.1 Å². The fourth-order valence-electron chi connectivity index (χ4n) is 3.10. The molecular formula is C25H19NO4. The summed E-state index contributed by atoms with van der Waals surface area (Å²) in [6.45, 7) is 0. The lowest BCUT2D eigenvalue weighted by molar-refractivity contribution is -0.111. The van der Waals surface area contributed by atoms with E-state index < -0.39 is 5.63 Å². The van der Waals surface area contributed by atoms with E-state index in [2.05, 4.69) is 5.32 Å². The van der Waals surface area contributed by atoms with Crippen molar-refractivity contribution in [3.8, 4) is 16.9 Å². The van der Waals surface area contributed by atoms with Crippen molar-refractivity contribution in [2.45, 2.75) is 0 Å². The van der Waals surface area contributed by atoms with Crippen molar-refractivity contribution in [2.75, 3.05) is 12.4 Å². The Labute approximate surface area is 173 Å². The van der Waals surface area contributed by atoms with Gasteiger partial charge in [-0.25, -0.2) is 4.79 Å². The standard InChI is InChI=1S/C25H19NO4/c1-29-21-12-9-17(10-13-21)11-14-24(27)26-20-7-4-6-18(15-20)22-16-19-5-2-3-8-23(19)30-25(22)28/h2-16H,1H3,(H,26,27). The van der Waals surface area contributed by atoms with E-state index in [9.17, 15) is 9.59 Å². The molecule has 0 saturated carbocycles. The minimum Gasteiger partial charge on any atom is -0.497 e. The third-order valence-corrected chi connectivity index (χ3v) is 4.63. The number of rotatable bonds is 5. The van der Waals surface area contributed by atoms with Crippen LogP contribution in [0.3, 0.4) is 0 Å². The van der Waals surface area contributed by atoms with Crippen LogP contribution >= 0.6 is 0 Å². The number of amides is 1. The lowest BCUT2D eigenvalue weighted by Crippen LogP contribution is -2.08. The van der Waals surface area contributed by atoms with Crippen LogP contribution < -0.4 is 15.7 Å². The van der Waals surface area contributed by atoms with Crippen LogP contribution in [0.4, 0.5) is 5.69 Å². The molecule has 3 aromatic carbocycles. The molecule has 1 aromatic heterocycles. The summed E-state index contributed by atoms with van der Waals surface area (Å²) in [5.74, 6) is 0.486. The number of para-hydroxylation sites is 1. The van der Waals surface area contributed by atoms with Crippen molar-refractivity contribution >= 4 is 28.6 Å². The van der Waals surface area contributed by atoms with Crippen LogP contribution in [-0.2, 0) is 4.79 Å². The summed E-state index contributed by atoms with van der Waals surface area (Å²) in [4.78, 5) is 24.7. The van der Waals surface area contributed by atoms with E-state index in [1.807, 2.05) is 48.5 Å². The molecule has 0 aliphatic rings. The second-order valence-electron chi connectivity index (χ2n) is 6.66. The van der Waals surface area contributed by atoms with Gasteiger partial charge in [-0.3, -0.25) is 4.79 Å². The molecular weight excluding hydrogens is 378 g/mol. The molecule has 1 heterocycles. The minimum atomic E-state index is -0.420. The lowest BCUT2D eigenvalue weighted by Gasteiger charge is -2.06. The third kappa shape index (κ3) is 4.31. The van der Waals surface area contributed by atoms with E-state index >= 15 is 0 Å². The highest BCUT2D eigenvalue weighted by atomic mass is 16.5. The summed E-state index contributed by atoms with van der Waals surface area (Å²) in [5.41, 5.74) is 2.71. The smallest absolute Gasteiger partial charge is 0.344 e. The molecule has 5 nitrogen and oxygen atoms in total. The van der Waals surface area contributed by atoms with E-state index in [4.69, 9.17) is 9.15 Å². The van der Waals surface area contributed by atoms with Gasteiger partial charge in [-0.1, -0.05) is 42.5 Å². The predicted molar refractivity (Wildman–Crippen MR) is 119 cm³/mol. The molecule has 0 aliphatic heterocycles. The summed E-state index contributed by atoms with van der Waals surface area (Å²) in [6.07, 6.45) is 3.18. The summed E-state index contributed by atoms with van der Waals surface area (Å²) in [6, 6.07) is 23.6. The molecule has 4 rings (SSSR count). The highest BCUT2D eigenvalue weighted by Gasteiger charge is 2.09. The summed E-state index contributed by atoms with van der Waals surface area (Å²) in [7, 11) is 1.61. The first-order chi connectivity index (χ1) is 14.6. The van der Waals surface area contributed by atoms with Crippen molar-refractivity contribution in [3.05, 3.63) is 101 Å². The molecule has 0 spiro atoms. The SMILES string of the molecule is COc1ccc(C=CC(=O)Nc2cccc(-c3cc4ccccc4oc3=O)c2)cc1. The van der Waals surface area contributed by atoms with Crippen molar-refractivity contribution < 1.29 is 13.9 Å². The van der Waals surface area contributed by atoms with Gasteiger partial charge in [0.1, 0.15) is 11.3 Å². The van der Waals surface area contributed by atoms with Gasteiger partial charge in [-0.05, 0) is 53.6 Å². The van der Waals surface area contributed by atoms with Crippen LogP contribution in [0.15, 0.2) is 94.2 Å². The molecule has 0 aliphatic carbocycles. The normalized spacial score (nSPS) is 11.0. The molecule has 148 valence electrons. The fourth-order valence-corrected chi connectivity index (χ4v) is 3.10. The highest BCUT2D eigenvalue weighted by Crippen LogP contribution is 2.23. The molecule has 0 fully saturated rings. The quantitative estimate of drug-likeness (QED) is 0.375. The zero-order valence-corrected chi connectivity index (χ0v) is 16.3. The van der Waals surface area contributed by atoms with E-state index in [-0.39, 0.29) is 5.91 Å². The highest BCUT2D eigenvalue weighted by molar-refractivity contribution is 6.02. The number of ether oxygens (including phenoxy) is 1. The Kier molecular flexibility index (Phi) is 5.44. The number of hydrogen-bond donors (Lipinski definition) is 1. The first-order valence-corrected chi connectivity index (χ1v) is 9.39. The Morgan fingerprint density at radius 3 is 2.57 bits per heavy atom. The van der Waals surface area contributed by atoms with E-state index in [0.717, 1.165) is 16.7 Å². The van der Waals surface area contributed by atoms with Gasteiger partial charge >= 0.3 is 5.63 Å². The van der Waals surface area contributed by atoms with Crippen molar-refractivity contribution in [3.63, 3.8) is 0 Å². The minimum absolute atomic E-state index is 0.270. The molecule has 0 atom stereocenters. The van der Waals surface area contributed by atoms with Gasteiger partial charge in [0.15, 0.2) is 0 Å². The van der Waals surface area contributed by atoms with Crippen LogP contribution in [-0.4, -0.2) is 13.0 Å². The first kappa shape index (κ1) is 19.2. The molecule has 0 bridgehead atoms. The second kappa shape index (κ2) is 8.49. The monoisotopic (exact) mass is 397 g/mol. The third-order valence-electron chi connectivity index (χ3n) is 4.63. The van der Waals surface area contributed by atoms with Crippen molar-refractivity contribution in [2.24, 2.45) is 0 Å². The number of carbonyl (C=O) groups is 1. The molecule has 5 heteroatoms. The average molecular weight is 397 g/mol. The number of hydrogen-bond acceptors (Lipinski definition) is 4. The molecule has 0 radical (unpaired) electrons. The van der Waals surface area contributed by atoms with Crippen LogP contribution in [0.1, 0.15) is 5.56 Å². The maximum absolute atomic E-state index is 12.4. The molecule has 30 heavy (non-hydrogen) atoms. The van der Waals surface area contributed by atoms with E-state index in [1.54, 1.807) is 43.5 Å².